The van der Waals surface area contributed by atoms with Crippen molar-refractivity contribution in [3.05, 3.63) is 80.0 Å². The van der Waals surface area contributed by atoms with Gasteiger partial charge in [0, 0.05) is 11.1 Å². The summed E-state index contributed by atoms with van der Waals surface area (Å²) in [5, 5.41) is 0.899. The molecule has 0 bridgehead atoms. The number of nitrogens with zero attached hydrogens (tertiary/aromatic N) is 5. The first kappa shape index (κ1) is 18.9. The Balaban J connectivity index is 1.47. The number of hydrogen-bond acceptors (Lipinski definition) is 7. The van der Waals surface area contributed by atoms with Gasteiger partial charge >= 0.3 is 0 Å². The summed E-state index contributed by atoms with van der Waals surface area (Å²) in [6.45, 7) is 1.82. The molecule has 11 heteroatoms. The number of aromatic amines is 2. The maximum absolute atomic E-state index is 12.9. The molecule has 5 aromatic rings. The highest BCUT2D eigenvalue weighted by Gasteiger charge is 2.12. The molecule has 4 heterocycles. The number of hydrogen-bond donors (Lipinski definition) is 2. The second-order valence-electron chi connectivity index (χ2n) is 6.84. The largest absolute Gasteiger partial charge is 0.437 e. The van der Waals surface area contributed by atoms with E-state index in [1.165, 1.54) is 23.2 Å². The first-order chi connectivity index (χ1) is 15.0. The molecule has 0 fully saturated rings. The number of H-pyrrole nitrogens is 2. The van der Waals surface area contributed by atoms with Crippen LogP contribution in [0.1, 0.15) is 11.4 Å². The lowest BCUT2D eigenvalue weighted by atomic mass is 10.2. The van der Waals surface area contributed by atoms with Crippen LogP contribution in [0.5, 0.6) is 11.6 Å². The first-order valence-electron chi connectivity index (χ1n) is 9.20. The molecule has 0 amide bonds. The van der Waals surface area contributed by atoms with Crippen LogP contribution in [-0.2, 0) is 6.54 Å². The molecule has 0 unspecified atom stereocenters. The standard InChI is InChI=1S/C20H14ClN7O3/c1-10-5-14(29)26-17-16(10)20(30)28(9-23-17)8-13-24-18-19(25-13)27-15(7-22-18)31-12-4-2-3-11(21)6-12/h2-7,9H,8H2,1H3,(H,26,29)(H,22,24,25,27). The molecule has 0 saturated carbocycles. The zero-order chi connectivity index (χ0) is 21.5. The van der Waals surface area contributed by atoms with Crippen molar-refractivity contribution < 1.29 is 4.74 Å². The van der Waals surface area contributed by atoms with Gasteiger partial charge in [-0.2, -0.15) is 4.98 Å². The summed E-state index contributed by atoms with van der Waals surface area (Å²) in [6.07, 6.45) is 2.82. The maximum atomic E-state index is 12.9. The fraction of sp³-hybridized carbons (Fsp3) is 0.100. The Morgan fingerprint density at radius 1 is 1.10 bits per heavy atom. The van der Waals surface area contributed by atoms with Crippen LogP contribution in [0, 0.1) is 6.92 Å². The first-order valence-corrected chi connectivity index (χ1v) is 9.58. The number of aromatic nitrogens is 7. The van der Waals surface area contributed by atoms with E-state index >= 15 is 0 Å². The summed E-state index contributed by atoms with van der Waals surface area (Å²) in [4.78, 5) is 47.3. The number of fused-ring (bicyclic) bond motifs is 2. The van der Waals surface area contributed by atoms with Crippen LogP contribution in [0.15, 0.2) is 52.4 Å². The van der Waals surface area contributed by atoms with Gasteiger partial charge in [-0.15, -0.1) is 0 Å². The summed E-state index contributed by atoms with van der Waals surface area (Å²) in [5.41, 5.74) is 1.01. The second-order valence-corrected chi connectivity index (χ2v) is 7.28. The van der Waals surface area contributed by atoms with Crippen molar-refractivity contribution in [3.63, 3.8) is 0 Å². The van der Waals surface area contributed by atoms with Crippen molar-refractivity contribution >= 4 is 33.9 Å². The van der Waals surface area contributed by atoms with Gasteiger partial charge in [-0.3, -0.25) is 14.2 Å². The second kappa shape index (κ2) is 7.33. The molecule has 4 aromatic heterocycles. The Hall–Kier alpha value is -4.05. The molecular formula is C20H14ClN7O3. The molecule has 5 rings (SSSR count). The number of pyridine rings is 1. The number of nitrogens with one attached hydrogen (secondary N) is 2. The van der Waals surface area contributed by atoms with E-state index in [-0.39, 0.29) is 29.2 Å². The number of imidazole rings is 1. The van der Waals surface area contributed by atoms with E-state index in [2.05, 4.69) is 29.9 Å². The topological polar surface area (TPSA) is 131 Å². The lowest BCUT2D eigenvalue weighted by Gasteiger charge is -2.06. The monoisotopic (exact) mass is 435 g/mol. The average molecular weight is 436 g/mol. The van der Waals surface area contributed by atoms with E-state index in [9.17, 15) is 9.59 Å². The Bertz CT molecular complexity index is 1570. The van der Waals surface area contributed by atoms with Gasteiger partial charge in [0.05, 0.1) is 18.1 Å². The third kappa shape index (κ3) is 3.64. The number of halogens is 1. The molecule has 0 saturated heterocycles. The van der Waals surface area contributed by atoms with Crippen molar-refractivity contribution in [3.8, 4) is 11.6 Å². The van der Waals surface area contributed by atoms with Crippen LogP contribution in [-0.4, -0.2) is 34.5 Å². The van der Waals surface area contributed by atoms with E-state index in [1.54, 1.807) is 31.2 Å². The molecular weight excluding hydrogens is 422 g/mol. The summed E-state index contributed by atoms with van der Waals surface area (Å²) in [6, 6.07) is 8.30. The Morgan fingerprint density at radius 3 is 2.81 bits per heavy atom. The third-order valence-electron chi connectivity index (χ3n) is 4.59. The summed E-state index contributed by atoms with van der Waals surface area (Å²) in [5.74, 6) is 1.28. The minimum atomic E-state index is -0.306. The smallest absolute Gasteiger partial charge is 0.263 e. The summed E-state index contributed by atoms with van der Waals surface area (Å²) < 4.78 is 7.08. The van der Waals surface area contributed by atoms with Crippen LogP contribution < -0.4 is 15.9 Å². The fourth-order valence-corrected chi connectivity index (χ4v) is 3.42. The molecule has 0 aliphatic carbocycles. The maximum Gasteiger partial charge on any atom is 0.263 e. The molecule has 154 valence electrons. The fourth-order valence-electron chi connectivity index (χ4n) is 3.24. The molecule has 1 aromatic carbocycles. The van der Waals surface area contributed by atoms with Gasteiger partial charge in [0.25, 0.3) is 5.56 Å². The SMILES string of the molecule is Cc1cc(=O)[nH]c2ncn(Cc3nc4ncc(Oc5cccc(Cl)c5)nc4[nH]3)c(=O)c12. The highest BCUT2D eigenvalue weighted by atomic mass is 35.5. The lowest BCUT2D eigenvalue weighted by Crippen LogP contribution is -2.24. The minimum Gasteiger partial charge on any atom is -0.437 e. The summed E-state index contributed by atoms with van der Waals surface area (Å²) >= 11 is 5.97. The molecule has 0 aliphatic rings. The molecule has 31 heavy (non-hydrogen) atoms. The number of ether oxygens (including phenoxy) is 1. The van der Waals surface area contributed by atoms with E-state index in [0.717, 1.165) is 0 Å². The molecule has 2 N–H and O–H groups in total. The Kier molecular flexibility index (Phi) is 4.48. The Morgan fingerprint density at radius 2 is 1.97 bits per heavy atom. The minimum absolute atomic E-state index is 0.128. The van der Waals surface area contributed by atoms with E-state index in [0.29, 0.717) is 38.8 Å². The predicted molar refractivity (Wildman–Crippen MR) is 114 cm³/mol. The lowest BCUT2D eigenvalue weighted by molar-refractivity contribution is 0.462. The highest BCUT2D eigenvalue weighted by Crippen LogP contribution is 2.23. The number of benzene rings is 1. The van der Waals surface area contributed by atoms with E-state index in [1.807, 2.05) is 0 Å². The average Bonchev–Trinajstić information content (AvgIpc) is 3.11. The van der Waals surface area contributed by atoms with Crippen molar-refractivity contribution in [1.29, 1.82) is 0 Å². The van der Waals surface area contributed by atoms with Gasteiger partial charge in [-0.05, 0) is 30.7 Å². The molecule has 0 spiro atoms. The van der Waals surface area contributed by atoms with Gasteiger partial charge in [0.1, 0.15) is 23.5 Å². The predicted octanol–water partition coefficient (Wildman–Crippen LogP) is 2.55. The molecule has 0 radical (unpaired) electrons. The van der Waals surface area contributed by atoms with Crippen LogP contribution in [0.4, 0.5) is 0 Å². The van der Waals surface area contributed by atoms with Crippen molar-refractivity contribution in [1.82, 2.24) is 34.5 Å². The van der Waals surface area contributed by atoms with Crippen LogP contribution in [0.25, 0.3) is 22.3 Å². The van der Waals surface area contributed by atoms with E-state index in [4.69, 9.17) is 16.3 Å². The van der Waals surface area contributed by atoms with Gasteiger partial charge in [0.15, 0.2) is 11.3 Å². The highest BCUT2D eigenvalue weighted by molar-refractivity contribution is 6.30. The quantitative estimate of drug-likeness (QED) is 0.443. The van der Waals surface area contributed by atoms with Crippen molar-refractivity contribution in [2.24, 2.45) is 0 Å². The van der Waals surface area contributed by atoms with Gasteiger partial charge in [-0.1, -0.05) is 17.7 Å². The third-order valence-corrected chi connectivity index (χ3v) is 4.83. The zero-order valence-electron chi connectivity index (χ0n) is 16.1. The van der Waals surface area contributed by atoms with E-state index < -0.39 is 0 Å². The van der Waals surface area contributed by atoms with Crippen LogP contribution in [0.3, 0.4) is 0 Å². The number of aryl methyl sites for hydroxylation is 1. The molecule has 10 nitrogen and oxygen atoms in total. The van der Waals surface area contributed by atoms with Crippen molar-refractivity contribution in [2.75, 3.05) is 0 Å². The molecule has 0 atom stereocenters. The van der Waals surface area contributed by atoms with Crippen LogP contribution >= 0.6 is 11.6 Å². The zero-order valence-corrected chi connectivity index (χ0v) is 16.8. The van der Waals surface area contributed by atoms with Crippen LogP contribution in [0.2, 0.25) is 5.02 Å². The normalized spacial score (nSPS) is 11.3. The molecule has 0 aliphatic heterocycles. The summed E-state index contributed by atoms with van der Waals surface area (Å²) in [7, 11) is 0. The van der Waals surface area contributed by atoms with Crippen molar-refractivity contribution in [2.45, 2.75) is 13.5 Å². The van der Waals surface area contributed by atoms with Gasteiger partial charge in [-0.25, -0.2) is 15.0 Å². The Labute approximate surface area is 178 Å². The van der Waals surface area contributed by atoms with Gasteiger partial charge < -0.3 is 14.7 Å². The number of rotatable bonds is 4. The van der Waals surface area contributed by atoms with Gasteiger partial charge in [0.2, 0.25) is 11.4 Å².